The molecule has 194 valence electrons. The lowest BCUT2D eigenvalue weighted by Gasteiger charge is -2.42. The van der Waals surface area contributed by atoms with Gasteiger partial charge in [0.1, 0.15) is 0 Å². The number of anilines is 3. The first kappa shape index (κ1) is 25.0. The van der Waals surface area contributed by atoms with Gasteiger partial charge in [-0.15, -0.1) is 11.3 Å². The number of hydrogen-bond donors (Lipinski definition) is 4. The van der Waals surface area contributed by atoms with E-state index in [0.717, 1.165) is 49.5 Å². The van der Waals surface area contributed by atoms with Crippen LogP contribution in [0.5, 0.6) is 0 Å². The minimum absolute atomic E-state index is 0.122. The fourth-order valence-corrected chi connectivity index (χ4v) is 5.33. The van der Waals surface area contributed by atoms with E-state index in [-0.39, 0.29) is 17.5 Å². The first-order valence-electron chi connectivity index (χ1n) is 12.5. The number of carbonyl (C=O) groups excluding carboxylic acids is 2. The summed E-state index contributed by atoms with van der Waals surface area (Å²) in [6, 6.07) is 9.73. The van der Waals surface area contributed by atoms with Crippen LogP contribution >= 0.6 is 11.3 Å². The van der Waals surface area contributed by atoms with Crippen molar-refractivity contribution in [1.29, 1.82) is 0 Å². The van der Waals surface area contributed by atoms with Gasteiger partial charge >= 0.3 is 6.03 Å². The number of nitrogens with two attached hydrogens (primary N) is 1. The number of aromatic nitrogens is 2. The molecule has 0 atom stereocenters. The second-order valence-corrected chi connectivity index (χ2v) is 10.7. The number of carbonyl (C=O) groups is 2. The highest BCUT2D eigenvalue weighted by molar-refractivity contribution is 7.13. The van der Waals surface area contributed by atoms with Crippen molar-refractivity contribution in [1.82, 2.24) is 25.1 Å². The van der Waals surface area contributed by atoms with Gasteiger partial charge in [-0.2, -0.15) is 0 Å². The fourth-order valence-electron chi connectivity index (χ4n) is 4.61. The number of likely N-dealkylation sites (tertiary alicyclic amines) is 1. The Morgan fingerprint density at radius 2 is 1.76 bits per heavy atom. The summed E-state index contributed by atoms with van der Waals surface area (Å²) in [6.07, 6.45) is 4.60. The molecule has 10 nitrogen and oxygen atoms in total. The van der Waals surface area contributed by atoms with E-state index in [1.165, 1.54) is 12.4 Å². The minimum atomic E-state index is -0.326. The van der Waals surface area contributed by atoms with E-state index in [0.29, 0.717) is 36.0 Å². The van der Waals surface area contributed by atoms with Crippen LogP contribution in [0.4, 0.5) is 22.1 Å². The van der Waals surface area contributed by atoms with Crippen molar-refractivity contribution in [2.45, 2.75) is 25.3 Å². The number of amides is 3. The molecule has 0 bridgehead atoms. The number of urea groups is 1. The standard InChI is InChI=1S/C26H32N8O2S/c1-26(6-10-33(11-7-26)25(36)34-12-8-28-9-13-34)32-24-29-16-19(17-30-24)23(35)31-21-15-18(4-5-20(21)27)22-3-2-14-37-22/h2-5,14-17,28H,6-13,27H2,1H3,(H,31,35)(H,29,30,32). The van der Waals surface area contributed by atoms with Crippen LogP contribution in [0.15, 0.2) is 48.1 Å². The third kappa shape index (κ3) is 5.83. The van der Waals surface area contributed by atoms with Crippen LogP contribution in [0.3, 0.4) is 0 Å². The molecule has 37 heavy (non-hydrogen) atoms. The second-order valence-electron chi connectivity index (χ2n) is 9.72. The predicted molar refractivity (Wildman–Crippen MR) is 147 cm³/mol. The Balaban J connectivity index is 1.17. The molecule has 0 unspecified atom stereocenters. The van der Waals surface area contributed by atoms with E-state index < -0.39 is 0 Å². The van der Waals surface area contributed by atoms with Gasteiger partial charge in [0.05, 0.1) is 16.9 Å². The van der Waals surface area contributed by atoms with Crippen LogP contribution in [0.25, 0.3) is 10.4 Å². The van der Waals surface area contributed by atoms with E-state index in [9.17, 15) is 9.59 Å². The number of nitrogens with one attached hydrogen (secondary N) is 3. The zero-order chi connectivity index (χ0) is 25.8. The van der Waals surface area contributed by atoms with Crippen molar-refractivity contribution in [3.05, 3.63) is 53.7 Å². The van der Waals surface area contributed by atoms with Gasteiger partial charge in [-0.05, 0) is 48.9 Å². The molecule has 0 aliphatic carbocycles. The summed E-state index contributed by atoms with van der Waals surface area (Å²) in [6.45, 7) is 6.68. The minimum Gasteiger partial charge on any atom is -0.397 e. The Labute approximate surface area is 220 Å². The number of rotatable bonds is 5. The van der Waals surface area contributed by atoms with E-state index in [1.54, 1.807) is 17.4 Å². The van der Waals surface area contributed by atoms with E-state index in [4.69, 9.17) is 5.73 Å². The van der Waals surface area contributed by atoms with Crippen LogP contribution in [-0.2, 0) is 0 Å². The van der Waals surface area contributed by atoms with Crippen LogP contribution in [0.1, 0.15) is 30.1 Å². The van der Waals surface area contributed by atoms with Gasteiger partial charge in [0.2, 0.25) is 5.95 Å². The van der Waals surface area contributed by atoms with Gasteiger partial charge in [0.25, 0.3) is 5.91 Å². The van der Waals surface area contributed by atoms with Gasteiger partial charge in [-0.25, -0.2) is 14.8 Å². The maximum Gasteiger partial charge on any atom is 0.320 e. The number of nitrogens with zero attached hydrogens (tertiary/aromatic N) is 4. The van der Waals surface area contributed by atoms with E-state index in [1.807, 2.05) is 39.4 Å². The summed E-state index contributed by atoms with van der Waals surface area (Å²) in [5, 5.41) is 11.6. The van der Waals surface area contributed by atoms with Gasteiger partial charge in [0, 0.05) is 62.1 Å². The van der Waals surface area contributed by atoms with Crippen molar-refractivity contribution in [3.8, 4) is 10.4 Å². The van der Waals surface area contributed by atoms with Crippen molar-refractivity contribution in [2.24, 2.45) is 0 Å². The number of thiophene rings is 1. The maximum atomic E-state index is 12.8. The Bertz CT molecular complexity index is 1230. The molecule has 2 aromatic heterocycles. The monoisotopic (exact) mass is 520 g/mol. The van der Waals surface area contributed by atoms with Crippen molar-refractivity contribution in [2.75, 3.05) is 55.6 Å². The fraction of sp³-hybridized carbons (Fsp3) is 0.385. The Morgan fingerprint density at radius 1 is 1.05 bits per heavy atom. The highest BCUT2D eigenvalue weighted by atomic mass is 32.1. The number of benzene rings is 1. The smallest absolute Gasteiger partial charge is 0.320 e. The molecule has 5 rings (SSSR count). The van der Waals surface area contributed by atoms with Gasteiger partial charge in [-0.1, -0.05) is 12.1 Å². The first-order chi connectivity index (χ1) is 17.9. The first-order valence-corrected chi connectivity index (χ1v) is 13.4. The average Bonchev–Trinajstić information content (AvgIpc) is 3.46. The SMILES string of the molecule is CC1(Nc2ncc(C(=O)Nc3cc(-c4cccs4)ccc3N)cn2)CCN(C(=O)N2CCNCC2)CC1. The molecule has 0 radical (unpaired) electrons. The number of nitrogen functional groups attached to an aromatic ring is 1. The van der Waals surface area contributed by atoms with Gasteiger partial charge in [0.15, 0.2) is 0 Å². The average molecular weight is 521 g/mol. The predicted octanol–water partition coefficient (Wildman–Crippen LogP) is 3.33. The molecule has 2 aliphatic rings. The summed E-state index contributed by atoms with van der Waals surface area (Å²) in [5.74, 6) is 0.132. The molecule has 0 spiro atoms. The molecular weight excluding hydrogens is 488 g/mol. The molecule has 5 N–H and O–H groups in total. The Kier molecular flexibility index (Phi) is 7.24. The summed E-state index contributed by atoms with van der Waals surface area (Å²) < 4.78 is 0. The molecule has 2 aliphatic heterocycles. The molecule has 2 fully saturated rings. The molecular formula is C26H32N8O2S. The van der Waals surface area contributed by atoms with Crippen molar-refractivity contribution in [3.63, 3.8) is 0 Å². The van der Waals surface area contributed by atoms with Crippen LogP contribution < -0.4 is 21.7 Å². The Morgan fingerprint density at radius 3 is 2.43 bits per heavy atom. The highest BCUT2D eigenvalue weighted by Gasteiger charge is 2.34. The molecule has 11 heteroatoms. The third-order valence-corrected chi connectivity index (χ3v) is 7.88. The number of hydrogen-bond acceptors (Lipinski definition) is 8. The molecule has 4 heterocycles. The summed E-state index contributed by atoms with van der Waals surface area (Å²) in [4.78, 5) is 39.4. The number of piperidine rings is 1. The third-order valence-electron chi connectivity index (χ3n) is 6.96. The lowest BCUT2D eigenvalue weighted by Crippen LogP contribution is -2.55. The van der Waals surface area contributed by atoms with Gasteiger partial charge in [-0.3, -0.25) is 4.79 Å². The topological polar surface area (TPSA) is 129 Å². The van der Waals surface area contributed by atoms with Crippen molar-refractivity contribution >= 4 is 40.6 Å². The van der Waals surface area contributed by atoms with Crippen LogP contribution in [0, 0.1) is 0 Å². The van der Waals surface area contributed by atoms with Crippen molar-refractivity contribution < 1.29 is 9.59 Å². The number of piperazine rings is 1. The Hall–Kier alpha value is -3.70. The molecule has 1 aromatic carbocycles. The summed E-state index contributed by atoms with van der Waals surface area (Å²) >= 11 is 1.62. The molecule has 3 amide bonds. The summed E-state index contributed by atoms with van der Waals surface area (Å²) in [5.41, 5.74) is 8.23. The zero-order valence-electron chi connectivity index (χ0n) is 20.9. The molecule has 3 aromatic rings. The lowest BCUT2D eigenvalue weighted by molar-refractivity contribution is 0.102. The molecule has 0 saturated carbocycles. The zero-order valence-corrected chi connectivity index (χ0v) is 21.7. The highest BCUT2D eigenvalue weighted by Crippen LogP contribution is 2.30. The second kappa shape index (κ2) is 10.7. The summed E-state index contributed by atoms with van der Waals surface area (Å²) in [7, 11) is 0. The maximum absolute atomic E-state index is 12.8. The normalized spacial score (nSPS) is 17.3. The van der Waals surface area contributed by atoms with E-state index in [2.05, 4.69) is 32.8 Å². The van der Waals surface area contributed by atoms with Gasteiger partial charge < -0.3 is 31.5 Å². The quantitative estimate of drug-likeness (QED) is 0.380. The van der Waals surface area contributed by atoms with E-state index >= 15 is 0 Å². The van der Waals surface area contributed by atoms with Crippen LogP contribution in [0.2, 0.25) is 0 Å². The lowest BCUT2D eigenvalue weighted by atomic mass is 9.90. The van der Waals surface area contributed by atoms with Crippen LogP contribution in [-0.4, -0.2) is 76.5 Å². The largest absolute Gasteiger partial charge is 0.397 e. The molecule has 2 saturated heterocycles.